The van der Waals surface area contributed by atoms with Crippen LogP contribution in [0.4, 0.5) is 11.4 Å². The van der Waals surface area contributed by atoms with E-state index in [4.69, 9.17) is 17.3 Å². The lowest BCUT2D eigenvalue weighted by molar-refractivity contribution is 0.601. The summed E-state index contributed by atoms with van der Waals surface area (Å²) in [5.41, 5.74) is 6.32. The Morgan fingerprint density at radius 1 is 1.37 bits per heavy atom. The molecule has 0 radical (unpaired) electrons. The van der Waals surface area contributed by atoms with Crippen molar-refractivity contribution < 1.29 is 8.42 Å². The van der Waals surface area contributed by atoms with Crippen molar-refractivity contribution >= 4 is 60.3 Å². The third-order valence-corrected chi connectivity index (χ3v) is 5.80. The first kappa shape index (κ1) is 14.6. The van der Waals surface area contributed by atoms with E-state index in [0.717, 1.165) is 3.79 Å². The molecule has 0 atom stereocenters. The van der Waals surface area contributed by atoms with Crippen LogP contribution >= 0.6 is 38.9 Å². The summed E-state index contributed by atoms with van der Waals surface area (Å²) < 4.78 is 27.8. The summed E-state index contributed by atoms with van der Waals surface area (Å²) >= 11 is 10.5. The number of aryl methyl sites for hydroxylation is 1. The zero-order valence-electron chi connectivity index (χ0n) is 9.78. The number of hydrogen-bond donors (Lipinski definition) is 2. The molecule has 102 valence electrons. The van der Waals surface area contributed by atoms with Crippen LogP contribution in [0.1, 0.15) is 4.88 Å². The number of hydrogen-bond acceptors (Lipinski definition) is 4. The maximum Gasteiger partial charge on any atom is 0.263 e. The Labute approximate surface area is 128 Å². The topological polar surface area (TPSA) is 72.2 Å². The van der Waals surface area contributed by atoms with E-state index in [1.54, 1.807) is 25.1 Å². The highest BCUT2D eigenvalue weighted by Gasteiger charge is 2.20. The van der Waals surface area contributed by atoms with E-state index < -0.39 is 10.0 Å². The largest absolute Gasteiger partial charge is 0.397 e. The van der Waals surface area contributed by atoms with Gasteiger partial charge in [0.1, 0.15) is 4.90 Å². The number of nitrogen functional groups attached to an aromatic ring is 1. The Morgan fingerprint density at radius 2 is 2.05 bits per heavy atom. The number of nitrogens with two attached hydrogens (primary N) is 1. The summed E-state index contributed by atoms with van der Waals surface area (Å²) in [5, 5.41) is 0.412. The van der Waals surface area contributed by atoms with Gasteiger partial charge >= 0.3 is 0 Å². The Morgan fingerprint density at radius 3 is 2.63 bits per heavy atom. The van der Waals surface area contributed by atoms with Crippen LogP contribution in [0.5, 0.6) is 0 Å². The fourth-order valence-corrected chi connectivity index (χ4v) is 5.18. The average Bonchev–Trinajstić information content (AvgIpc) is 2.63. The quantitative estimate of drug-likeness (QED) is 0.793. The summed E-state index contributed by atoms with van der Waals surface area (Å²) in [4.78, 5) is 0.920. The number of nitrogens with one attached hydrogen (secondary N) is 1. The average molecular weight is 382 g/mol. The molecule has 0 amide bonds. The van der Waals surface area contributed by atoms with E-state index in [9.17, 15) is 8.42 Å². The predicted octanol–water partition coefficient (Wildman–Crippen LogP) is 3.86. The molecule has 0 spiro atoms. The van der Waals surface area contributed by atoms with E-state index >= 15 is 0 Å². The second kappa shape index (κ2) is 5.32. The Kier molecular flexibility index (Phi) is 4.10. The van der Waals surface area contributed by atoms with E-state index in [0.29, 0.717) is 15.6 Å². The monoisotopic (exact) mass is 380 g/mol. The van der Waals surface area contributed by atoms with Crippen molar-refractivity contribution in [2.45, 2.75) is 11.8 Å². The molecule has 0 saturated carbocycles. The molecule has 0 aliphatic rings. The minimum atomic E-state index is -3.67. The SMILES string of the molecule is Cc1sc(Br)cc1S(=O)(=O)Nc1cc(Cl)ccc1N. The number of anilines is 2. The van der Waals surface area contributed by atoms with Gasteiger partial charge in [0.25, 0.3) is 10.0 Å². The zero-order valence-corrected chi connectivity index (χ0v) is 13.8. The summed E-state index contributed by atoms with van der Waals surface area (Å²) in [6, 6.07) is 6.19. The van der Waals surface area contributed by atoms with Gasteiger partial charge in [-0.2, -0.15) is 0 Å². The van der Waals surface area contributed by atoms with Gasteiger partial charge in [0.15, 0.2) is 0 Å². The molecule has 8 heteroatoms. The molecule has 0 fully saturated rings. The smallest absolute Gasteiger partial charge is 0.263 e. The summed E-state index contributed by atoms with van der Waals surface area (Å²) in [5.74, 6) is 0. The van der Waals surface area contributed by atoms with Gasteiger partial charge in [-0.25, -0.2) is 8.42 Å². The molecule has 2 rings (SSSR count). The van der Waals surface area contributed by atoms with Crippen molar-refractivity contribution in [2.75, 3.05) is 10.5 Å². The van der Waals surface area contributed by atoms with E-state index in [2.05, 4.69) is 20.7 Å². The van der Waals surface area contributed by atoms with Crippen LogP contribution in [0.15, 0.2) is 32.9 Å². The molecule has 1 aromatic carbocycles. The summed E-state index contributed by atoms with van der Waals surface area (Å²) in [7, 11) is -3.67. The third kappa shape index (κ3) is 3.22. The Hall–Kier alpha value is -0.760. The first-order chi connectivity index (χ1) is 8.79. The van der Waals surface area contributed by atoms with Gasteiger partial charge < -0.3 is 5.73 Å². The van der Waals surface area contributed by atoms with E-state index in [-0.39, 0.29) is 10.6 Å². The lowest BCUT2D eigenvalue weighted by Crippen LogP contribution is -2.14. The first-order valence-corrected chi connectivity index (χ1v) is 8.60. The predicted molar refractivity (Wildman–Crippen MR) is 83.4 cm³/mol. The van der Waals surface area contributed by atoms with Gasteiger partial charge in [-0.05, 0) is 47.1 Å². The molecule has 2 aromatic rings. The second-order valence-electron chi connectivity index (χ2n) is 3.81. The maximum atomic E-state index is 12.3. The van der Waals surface area contributed by atoms with Crippen molar-refractivity contribution in [3.05, 3.63) is 38.0 Å². The van der Waals surface area contributed by atoms with Crippen LogP contribution in [-0.2, 0) is 10.0 Å². The van der Waals surface area contributed by atoms with Gasteiger partial charge in [0.2, 0.25) is 0 Å². The number of thiophene rings is 1. The van der Waals surface area contributed by atoms with Gasteiger partial charge in [0.05, 0.1) is 15.2 Å². The highest BCUT2D eigenvalue weighted by atomic mass is 79.9. The molecule has 0 bridgehead atoms. The molecule has 19 heavy (non-hydrogen) atoms. The Balaban J connectivity index is 2.42. The van der Waals surface area contributed by atoms with Crippen molar-refractivity contribution in [3.63, 3.8) is 0 Å². The van der Waals surface area contributed by atoms with Crippen LogP contribution in [0.3, 0.4) is 0 Å². The van der Waals surface area contributed by atoms with Crippen molar-refractivity contribution in [1.29, 1.82) is 0 Å². The van der Waals surface area contributed by atoms with E-state index in [1.165, 1.54) is 17.4 Å². The van der Waals surface area contributed by atoms with Crippen LogP contribution in [0, 0.1) is 6.92 Å². The summed E-state index contributed by atoms with van der Waals surface area (Å²) in [6.07, 6.45) is 0. The van der Waals surface area contributed by atoms with Crippen molar-refractivity contribution in [1.82, 2.24) is 0 Å². The molecule has 4 nitrogen and oxygen atoms in total. The van der Waals surface area contributed by atoms with Gasteiger partial charge in [-0.15, -0.1) is 11.3 Å². The van der Waals surface area contributed by atoms with Crippen LogP contribution in [0.25, 0.3) is 0 Å². The second-order valence-corrected chi connectivity index (χ2v) is 8.53. The molecule has 1 aromatic heterocycles. The number of benzene rings is 1. The molecule has 0 aliphatic carbocycles. The highest BCUT2D eigenvalue weighted by Crippen LogP contribution is 2.32. The minimum Gasteiger partial charge on any atom is -0.397 e. The summed E-state index contributed by atoms with van der Waals surface area (Å²) in [6.45, 7) is 1.74. The maximum absolute atomic E-state index is 12.3. The molecular weight excluding hydrogens is 372 g/mol. The van der Waals surface area contributed by atoms with Gasteiger partial charge in [0, 0.05) is 9.90 Å². The van der Waals surface area contributed by atoms with Crippen molar-refractivity contribution in [3.8, 4) is 0 Å². The molecule has 3 N–H and O–H groups in total. The fraction of sp³-hybridized carbons (Fsp3) is 0.0909. The van der Waals surface area contributed by atoms with Gasteiger partial charge in [-0.1, -0.05) is 11.6 Å². The van der Waals surface area contributed by atoms with Gasteiger partial charge in [-0.3, -0.25) is 4.72 Å². The lowest BCUT2D eigenvalue weighted by atomic mass is 10.3. The highest BCUT2D eigenvalue weighted by molar-refractivity contribution is 9.11. The minimum absolute atomic E-state index is 0.226. The molecule has 0 aliphatic heterocycles. The van der Waals surface area contributed by atoms with E-state index in [1.807, 2.05) is 0 Å². The molecule has 0 saturated heterocycles. The molecule has 0 unspecified atom stereocenters. The zero-order chi connectivity index (χ0) is 14.2. The van der Waals surface area contributed by atoms with Crippen LogP contribution in [0.2, 0.25) is 5.02 Å². The lowest BCUT2D eigenvalue weighted by Gasteiger charge is -2.10. The van der Waals surface area contributed by atoms with Crippen molar-refractivity contribution in [2.24, 2.45) is 0 Å². The van der Waals surface area contributed by atoms with Crippen LogP contribution < -0.4 is 10.5 Å². The standard InChI is InChI=1S/C11H10BrClN2O2S2/c1-6-10(5-11(12)18-6)19(16,17)15-9-4-7(13)2-3-8(9)14/h2-5,15H,14H2,1H3. The third-order valence-electron chi connectivity index (χ3n) is 2.39. The fourth-order valence-electron chi connectivity index (χ4n) is 1.51. The number of rotatable bonds is 3. The normalized spacial score (nSPS) is 11.5. The first-order valence-electron chi connectivity index (χ1n) is 5.13. The number of halogens is 2. The number of sulfonamides is 1. The molecular formula is C11H10BrClN2O2S2. The van der Waals surface area contributed by atoms with Crippen LogP contribution in [-0.4, -0.2) is 8.42 Å². The molecule has 1 heterocycles. The Bertz CT molecular complexity index is 728.